The van der Waals surface area contributed by atoms with Gasteiger partial charge < -0.3 is 0 Å². The molecule has 0 aromatic carbocycles. The van der Waals surface area contributed by atoms with Gasteiger partial charge in [-0.3, -0.25) is 0 Å². The zero-order chi connectivity index (χ0) is 7.54. The van der Waals surface area contributed by atoms with Gasteiger partial charge in [-0.2, -0.15) is 0 Å². The molecule has 56 valence electrons. The van der Waals surface area contributed by atoms with E-state index in [0.29, 0.717) is 0 Å². The van der Waals surface area contributed by atoms with Crippen LogP contribution in [0.1, 0.15) is 39.5 Å². The monoisotopic (exact) mass is 226 g/mol. The van der Waals surface area contributed by atoms with Gasteiger partial charge >= 0.3 is 34.7 Å². The van der Waals surface area contributed by atoms with Crippen LogP contribution in [-0.2, 0) is 0 Å². The van der Waals surface area contributed by atoms with Gasteiger partial charge in [0.15, 0.2) is 0 Å². The molecule has 0 amide bonds. The van der Waals surface area contributed by atoms with Crippen LogP contribution >= 0.6 is 19.3 Å². The predicted octanol–water partition coefficient (Wildman–Crippen LogP) is 3.32. The summed E-state index contributed by atoms with van der Waals surface area (Å²) in [7, 11) is 9.90. The number of unbranched alkanes of at least 4 members (excludes halogenated alkanes) is 3. The van der Waals surface area contributed by atoms with Crippen molar-refractivity contribution in [1.82, 2.24) is 0 Å². The normalized spacial score (nSPS) is 7.56. The van der Waals surface area contributed by atoms with Gasteiger partial charge in [0.25, 0.3) is 0 Å². The Labute approximate surface area is 74.1 Å². The number of halogens is 2. The van der Waals surface area contributed by atoms with Crippen molar-refractivity contribution in [3.05, 3.63) is 0 Å². The van der Waals surface area contributed by atoms with Gasteiger partial charge in [-0.15, -0.1) is 0 Å². The molecular weight excluding hydrogens is 213 g/mol. The second kappa shape index (κ2) is 16.1. The summed E-state index contributed by atoms with van der Waals surface area (Å²) in [6, 6.07) is 0. The van der Waals surface area contributed by atoms with Gasteiger partial charge in [-0.1, -0.05) is 39.5 Å². The molecule has 0 nitrogen and oxygen atoms in total. The summed E-state index contributed by atoms with van der Waals surface area (Å²) >= 11 is -0.931. The standard InChI is InChI=1S/C6H14.2ClH.Ga.H/c1-3-5-6-4-2;;;;/h3-6H2,1-2H3;2*1H;;/q;;;+2;/p-2. The van der Waals surface area contributed by atoms with Gasteiger partial charge in [0.2, 0.25) is 0 Å². The first-order valence-electron chi connectivity index (χ1n) is 3.45. The van der Waals surface area contributed by atoms with Crippen LogP contribution in [0.15, 0.2) is 0 Å². The Morgan fingerprint density at radius 1 is 1.00 bits per heavy atom. The number of hydrogen-bond donors (Lipinski definition) is 0. The molecule has 0 radical (unpaired) electrons. The zero-order valence-corrected chi connectivity index (χ0v) is 10.8. The molecule has 0 aromatic heterocycles. The van der Waals surface area contributed by atoms with E-state index < -0.39 is 15.4 Å². The molecule has 0 saturated heterocycles. The average Bonchev–Trinajstić information content (AvgIpc) is 1.86. The van der Waals surface area contributed by atoms with E-state index in [0.717, 1.165) is 0 Å². The number of rotatable bonds is 3. The molecule has 9 heavy (non-hydrogen) atoms. The minimum atomic E-state index is -0.931. The van der Waals surface area contributed by atoms with Crippen LogP contribution in [0.25, 0.3) is 0 Å². The summed E-state index contributed by atoms with van der Waals surface area (Å²) in [6.07, 6.45) is 5.54. The van der Waals surface area contributed by atoms with Crippen LogP contribution in [0, 0.1) is 0 Å². The van der Waals surface area contributed by atoms with Crippen molar-refractivity contribution in [3.8, 4) is 0 Å². The van der Waals surface area contributed by atoms with Crippen molar-refractivity contribution in [1.29, 1.82) is 0 Å². The van der Waals surface area contributed by atoms with Crippen LogP contribution in [0.4, 0.5) is 0 Å². The van der Waals surface area contributed by atoms with Crippen molar-refractivity contribution in [2.75, 3.05) is 0 Å². The van der Waals surface area contributed by atoms with Crippen LogP contribution < -0.4 is 0 Å². The molecule has 0 bridgehead atoms. The maximum atomic E-state index is 4.95. The molecule has 3 heteroatoms. The fourth-order valence-electron chi connectivity index (χ4n) is 0.500. The summed E-state index contributed by atoms with van der Waals surface area (Å²) in [6.45, 7) is 4.46. The van der Waals surface area contributed by atoms with E-state index in [9.17, 15) is 0 Å². The average molecular weight is 228 g/mol. The fourth-order valence-corrected chi connectivity index (χ4v) is 0.500. The molecule has 0 heterocycles. The van der Waals surface area contributed by atoms with Crippen LogP contribution in [0.2, 0.25) is 0 Å². The second-order valence-electron chi connectivity index (χ2n) is 1.81. The molecule has 0 atom stereocenters. The van der Waals surface area contributed by atoms with E-state index in [-0.39, 0.29) is 0 Å². The Balaban J connectivity index is 0. The first-order chi connectivity index (χ1) is 4.33. The van der Waals surface area contributed by atoms with E-state index in [1.165, 1.54) is 25.7 Å². The molecule has 0 aromatic rings. The molecule has 0 rings (SSSR count). The first kappa shape index (κ1) is 12.9. The van der Waals surface area contributed by atoms with Crippen molar-refractivity contribution < 1.29 is 0 Å². The van der Waals surface area contributed by atoms with Gasteiger partial charge in [-0.25, -0.2) is 0 Å². The summed E-state index contributed by atoms with van der Waals surface area (Å²) in [5.74, 6) is 0. The van der Waals surface area contributed by atoms with E-state index in [1.807, 2.05) is 0 Å². The van der Waals surface area contributed by atoms with Crippen LogP contribution in [0.3, 0.4) is 0 Å². The van der Waals surface area contributed by atoms with E-state index in [1.54, 1.807) is 0 Å². The summed E-state index contributed by atoms with van der Waals surface area (Å²) in [5, 5.41) is 0. The quantitative estimate of drug-likeness (QED) is 0.513. The third kappa shape index (κ3) is 27.0. The molecule has 0 aliphatic carbocycles. The molecule has 0 spiro atoms. The zero-order valence-electron chi connectivity index (χ0n) is 6.29. The third-order valence-electron chi connectivity index (χ3n) is 0.957. The molecule has 0 fully saturated rings. The summed E-state index contributed by atoms with van der Waals surface area (Å²) < 4.78 is 0. The Kier molecular flexibility index (Phi) is 23.0. The van der Waals surface area contributed by atoms with E-state index in [2.05, 4.69) is 13.8 Å². The molecule has 0 aliphatic rings. The Hall–Kier alpha value is 1.22. The van der Waals surface area contributed by atoms with Gasteiger partial charge in [-0.05, 0) is 0 Å². The predicted molar refractivity (Wildman–Crippen MR) is 48.7 cm³/mol. The molecule has 0 unspecified atom stereocenters. The van der Waals surface area contributed by atoms with E-state index in [4.69, 9.17) is 19.3 Å². The molecule has 0 aliphatic heterocycles. The Morgan fingerprint density at radius 2 is 1.22 bits per heavy atom. The van der Waals surface area contributed by atoms with E-state index >= 15 is 0 Å². The molecule has 0 saturated carbocycles. The van der Waals surface area contributed by atoms with Crippen LogP contribution in [-0.4, -0.2) is 15.4 Å². The summed E-state index contributed by atoms with van der Waals surface area (Å²) in [4.78, 5) is 0. The minimum absolute atomic E-state index is 0.931. The Morgan fingerprint density at radius 3 is 1.33 bits per heavy atom. The Bertz CT molecular complexity index is 30.2. The van der Waals surface area contributed by atoms with Crippen molar-refractivity contribution in [3.63, 3.8) is 0 Å². The van der Waals surface area contributed by atoms with Gasteiger partial charge in [0.05, 0.1) is 0 Å². The van der Waals surface area contributed by atoms with Crippen molar-refractivity contribution >= 4 is 34.7 Å². The van der Waals surface area contributed by atoms with Gasteiger partial charge in [0.1, 0.15) is 0 Å². The first-order valence-corrected chi connectivity index (χ1v) is 11.2. The van der Waals surface area contributed by atoms with Gasteiger partial charge in [0, 0.05) is 0 Å². The molecule has 0 N–H and O–H groups in total. The third-order valence-corrected chi connectivity index (χ3v) is 0.957. The van der Waals surface area contributed by atoms with Crippen LogP contribution in [0.5, 0.6) is 0 Å². The molecular formula is C6H15Cl2Ga. The summed E-state index contributed by atoms with van der Waals surface area (Å²) in [5.41, 5.74) is 0. The van der Waals surface area contributed by atoms with Crippen molar-refractivity contribution in [2.45, 2.75) is 39.5 Å². The fraction of sp³-hybridized carbons (Fsp3) is 1.00. The maximum absolute atomic E-state index is 4.95. The second-order valence-corrected chi connectivity index (χ2v) is 6.43. The topological polar surface area (TPSA) is 0 Å². The van der Waals surface area contributed by atoms with Crippen molar-refractivity contribution in [2.24, 2.45) is 0 Å². The SMILES string of the molecule is CCCCCC.[Cl][GaH][Cl]. The number of hydrogen-bond acceptors (Lipinski definition) is 0.